The summed E-state index contributed by atoms with van der Waals surface area (Å²) in [6.45, 7) is 1.73. The van der Waals surface area contributed by atoms with Crippen molar-refractivity contribution in [1.82, 2.24) is 24.5 Å². The Morgan fingerprint density at radius 1 is 0.966 bits per heavy atom. The first-order chi connectivity index (χ1) is 14.3. The highest BCUT2D eigenvalue weighted by molar-refractivity contribution is 7.99. The molecule has 0 spiro atoms. The van der Waals surface area contributed by atoms with Crippen LogP contribution in [-0.2, 0) is 11.2 Å². The second-order valence-electron chi connectivity index (χ2n) is 7.23. The molecule has 2 aromatic heterocycles. The van der Waals surface area contributed by atoms with Crippen molar-refractivity contribution < 1.29 is 4.79 Å². The van der Waals surface area contributed by atoms with Gasteiger partial charge in [-0.3, -0.25) is 9.20 Å². The molecule has 0 aliphatic carbocycles. The predicted octanol–water partition coefficient (Wildman–Crippen LogP) is 3.58. The van der Waals surface area contributed by atoms with E-state index in [0.29, 0.717) is 12.2 Å². The maximum atomic E-state index is 12.5. The van der Waals surface area contributed by atoms with Gasteiger partial charge in [-0.25, -0.2) is 4.98 Å². The van der Waals surface area contributed by atoms with Crippen LogP contribution in [-0.4, -0.2) is 49.2 Å². The van der Waals surface area contributed by atoms with Gasteiger partial charge in [0.2, 0.25) is 5.91 Å². The maximum absolute atomic E-state index is 12.5. The molecule has 6 nitrogen and oxygen atoms in total. The van der Waals surface area contributed by atoms with Crippen molar-refractivity contribution in [2.75, 3.05) is 18.8 Å². The van der Waals surface area contributed by atoms with Gasteiger partial charge in [0.1, 0.15) is 5.82 Å². The maximum Gasteiger partial charge on any atom is 0.233 e. The van der Waals surface area contributed by atoms with Crippen LogP contribution in [0, 0.1) is 0 Å². The Morgan fingerprint density at radius 2 is 1.72 bits per heavy atom. The van der Waals surface area contributed by atoms with Crippen molar-refractivity contribution in [3.8, 4) is 0 Å². The average Bonchev–Trinajstić information content (AvgIpc) is 3.43. The summed E-state index contributed by atoms with van der Waals surface area (Å²) in [7, 11) is 0. The van der Waals surface area contributed by atoms with Gasteiger partial charge in [0.05, 0.1) is 11.3 Å². The number of nitrogens with zero attached hydrogens (tertiary/aromatic N) is 5. The molecule has 5 rings (SSSR count). The van der Waals surface area contributed by atoms with Gasteiger partial charge in [-0.1, -0.05) is 54.2 Å². The van der Waals surface area contributed by atoms with Gasteiger partial charge in [-0.2, -0.15) is 0 Å². The number of benzene rings is 2. The molecule has 0 N–H and O–H groups in total. The van der Waals surface area contributed by atoms with E-state index < -0.39 is 0 Å². The smallest absolute Gasteiger partial charge is 0.233 e. The zero-order valence-electron chi connectivity index (χ0n) is 16.0. The Kier molecular flexibility index (Phi) is 4.89. The van der Waals surface area contributed by atoms with Crippen molar-refractivity contribution in [1.29, 1.82) is 0 Å². The van der Waals surface area contributed by atoms with Crippen LogP contribution in [0.2, 0.25) is 0 Å². The Labute approximate surface area is 173 Å². The number of thioether (sulfide) groups is 1. The predicted molar refractivity (Wildman–Crippen MR) is 114 cm³/mol. The van der Waals surface area contributed by atoms with E-state index in [1.54, 1.807) is 0 Å². The molecular weight excluding hydrogens is 382 g/mol. The van der Waals surface area contributed by atoms with Crippen molar-refractivity contribution in [2.24, 2.45) is 0 Å². The zero-order chi connectivity index (χ0) is 19.6. The van der Waals surface area contributed by atoms with Crippen LogP contribution in [0.4, 0.5) is 0 Å². The summed E-state index contributed by atoms with van der Waals surface area (Å²) in [5.74, 6) is 1.42. The van der Waals surface area contributed by atoms with Crippen LogP contribution in [0.1, 0.15) is 24.2 Å². The van der Waals surface area contributed by atoms with Crippen molar-refractivity contribution in [3.05, 3.63) is 66.0 Å². The topological polar surface area (TPSA) is 63.4 Å². The fourth-order valence-corrected chi connectivity index (χ4v) is 4.66. The minimum atomic E-state index is 0.169. The summed E-state index contributed by atoms with van der Waals surface area (Å²) in [6.07, 6.45) is 2.87. The molecule has 0 saturated carbocycles. The summed E-state index contributed by atoms with van der Waals surface area (Å²) >= 11 is 1.44. The lowest BCUT2D eigenvalue weighted by Gasteiger charge is -2.14. The normalized spacial score (nSPS) is 14.1. The molecule has 1 saturated heterocycles. The number of likely N-dealkylation sites (tertiary alicyclic amines) is 1. The van der Waals surface area contributed by atoms with Crippen LogP contribution in [0.5, 0.6) is 0 Å². The molecule has 3 heterocycles. The van der Waals surface area contributed by atoms with E-state index in [1.807, 2.05) is 51.8 Å². The molecule has 7 heteroatoms. The van der Waals surface area contributed by atoms with Crippen molar-refractivity contribution in [2.45, 2.75) is 24.4 Å². The number of amides is 1. The molecule has 0 atom stereocenters. The molecule has 0 radical (unpaired) electrons. The van der Waals surface area contributed by atoms with Crippen LogP contribution < -0.4 is 0 Å². The highest BCUT2D eigenvalue weighted by atomic mass is 32.2. The fourth-order valence-electron chi connectivity index (χ4n) is 3.80. The van der Waals surface area contributed by atoms with E-state index in [1.165, 1.54) is 17.3 Å². The van der Waals surface area contributed by atoms with Gasteiger partial charge >= 0.3 is 0 Å². The first-order valence-electron chi connectivity index (χ1n) is 9.87. The third-order valence-corrected chi connectivity index (χ3v) is 6.19. The minimum Gasteiger partial charge on any atom is -0.342 e. The molecule has 146 valence electrons. The lowest BCUT2D eigenvalue weighted by molar-refractivity contribution is -0.127. The van der Waals surface area contributed by atoms with Crippen molar-refractivity contribution >= 4 is 34.2 Å². The Bertz CT molecular complexity index is 1170. The van der Waals surface area contributed by atoms with Crippen molar-refractivity contribution in [3.63, 3.8) is 0 Å². The number of para-hydroxylation sites is 1. The van der Waals surface area contributed by atoms with Crippen LogP contribution in [0.15, 0.2) is 59.8 Å². The lowest BCUT2D eigenvalue weighted by Crippen LogP contribution is -2.29. The largest absolute Gasteiger partial charge is 0.342 e. The number of rotatable bonds is 5. The molecule has 0 bridgehead atoms. The van der Waals surface area contributed by atoms with Gasteiger partial charge in [-0.15, -0.1) is 10.2 Å². The van der Waals surface area contributed by atoms with Crippen LogP contribution >= 0.6 is 11.8 Å². The highest BCUT2D eigenvalue weighted by Gasteiger charge is 2.20. The highest BCUT2D eigenvalue weighted by Crippen LogP contribution is 2.25. The van der Waals surface area contributed by atoms with Gasteiger partial charge in [0, 0.05) is 24.9 Å². The molecular formula is C22H21N5OS. The minimum absolute atomic E-state index is 0.169. The number of hydrogen-bond donors (Lipinski definition) is 0. The molecule has 1 aliphatic heterocycles. The van der Waals surface area contributed by atoms with Crippen LogP contribution in [0.3, 0.4) is 0 Å². The summed E-state index contributed by atoms with van der Waals surface area (Å²) in [4.78, 5) is 19.3. The third-order valence-electron chi connectivity index (χ3n) is 5.27. The number of carbonyl (C=O) groups excluding carboxylic acids is 1. The number of aromatic nitrogens is 4. The standard InChI is InChI=1S/C22H21N5OS/c28-20(26-12-6-7-13-26)15-29-22-25-24-21-17-10-4-5-11-18(17)23-19(27(21)22)14-16-8-2-1-3-9-16/h1-5,8-11H,6-7,12-15H2. The number of carbonyl (C=O) groups is 1. The summed E-state index contributed by atoms with van der Waals surface area (Å²) in [5.41, 5.74) is 2.87. The van der Waals surface area contributed by atoms with E-state index in [0.717, 1.165) is 53.5 Å². The summed E-state index contributed by atoms with van der Waals surface area (Å²) in [5, 5.41) is 10.5. The molecule has 0 unspecified atom stereocenters. The third kappa shape index (κ3) is 3.58. The van der Waals surface area contributed by atoms with E-state index in [4.69, 9.17) is 4.98 Å². The summed E-state index contributed by atoms with van der Waals surface area (Å²) in [6, 6.07) is 18.3. The SMILES string of the molecule is O=C(CSc1nnc2c3ccccc3nc(Cc3ccccc3)n12)N1CCCC1. The number of hydrogen-bond acceptors (Lipinski definition) is 5. The first kappa shape index (κ1) is 18.1. The summed E-state index contributed by atoms with van der Waals surface area (Å²) < 4.78 is 2.01. The van der Waals surface area contributed by atoms with Gasteiger partial charge in [-0.05, 0) is 30.5 Å². The molecule has 1 fully saturated rings. The first-order valence-corrected chi connectivity index (χ1v) is 10.9. The fraction of sp³-hybridized carbons (Fsp3) is 0.273. The lowest BCUT2D eigenvalue weighted by atomic mass is 10.1. The molecule has 4 aromatic rings. The Morgan fingerprint density at radius 3 is 2.55 bits per heavy atom. The van der Waals surface area contributed by atoms with Gasteiger partial charge < -0.3 is 4.90 Å². The second-order valence-corrected chi connectivity index (χ2v) is 8.17. The molecule has 2 aromatic carbocycles. The Balaban J connectivity index is 1.53. The quantitative estimate of drug-likeness (QED) is 0.477. The van der Waals surface area contributed by atoms with E-state index in [2.05, 4.69) is 22.3 Å². The van der Waals surface area contributed by atoms with E-state index >= 15 is 0 Å². The van der Waals surface area contributed by atoms with Gasteiger partial charge in [0.25, 0.3) is 0 Å². The second kappa shape index (κ2) is 7.83. The van der Waals surface area contributed by atoms with Crippen LogP contribution in [0.25, 0.3) is 16.6 Å². The molecule has 1 aliphatic rings. The Hall–Kier alpha value is -2.93. The number of fused-ring (bicyclic) bond motifs is 3. The van der Waals surface area contributed by atoms with E-state index in [-0.39, 0.29) is 5.91 Å². The molecule has 29 heavy (non-hydrogen) atoms. The monoisotopic (exact) mass is 403 g/mol. The average molecular weight is 404 g/mol. The zero-order valence-corrected chi connectivity index (χ0v) is 16.8. The van der Waals surface area contributed by atoms with E-state index in [9.17, 15) is 4.79 Å². The molecule has 1 amide bonds. The van der Waals surface area contributed by atoms with Gasteiger partial charge in [0.15, 0.2) is 10.8 Å².